The van der Waals surface area contributed by atoms with Gasteiger partial charge < -0.3 is 0 Å². The molecule has 2 bridgehead atoms. The molecule has 0 N–H and O–H groups in total. The molecule has 0 amide bonds. The lowest BCUT2D eigenvalue weighted by Gasteiger charge is -2.47. The Balaban J connectivity index is 2.13. The third-order valence-electron chi connectivity index (χ3n) is 6.38. The molecule has 0 aliphatic heterocycles. The first kappa shape index (κ1) is 9.93. The summed E-state index contributed by atoms with van der Waals surface area (Å²) in [6, 6.07) is 0. The van der Waals surface area contributed by atoms with Crippen LogP contribution in [0.4, 0.5) is 0 Å². The molecule has 0 nitrogen and oxygen atoms in total. The van der Waals surface area contributed by atoms with Gasteiger partial charge in [-0.25, -0.2) is 0 Å². The van der Waals surface area contributed by atoms with Crippen LogP contribution in [0.3, 0.4) is 0 Å². The highest BCUT2D eigenvalue weighted by molar-refractivity contribution is 5.36. The van der Waals surface area contributed by atoms with Gasteiger partial charge in [0.15, 0.2) is 0 Å². The number of rotatable bonds is 0. The van der Waals surface area contributed by atoms with Gasteiger partial charge in [-0.05, 0) is 54.8 Å². The number of hydrogen-bond acceptors (Lipinski definition) is 0. The van der Waals surface area contributed by atoms with E-state index in [1.54, 1.807) is 0 Å². The molecule has 0 heteroatoms. The summed E-state index contributed by atoms with van der Waals surface area (Å²) in [5.41, 5.74) is 4.87. The highest BCUT2D eigenvalue weighted by Crippen LogP contribution is 2.67. The van der Waals surface area contributed by atoms with Crippen molar-refractivity contribution in [3.63, 3.8) is 0 Å². The quantitative estimate of drug-likeness (QED) is 0.507. The van der Waals surface area contributed by atoms with E-state index < -0.39 is 0 Å². The molecule has 3 atom stereocenters. The maximum atomic E-state index is 2.56. The summed E-state index contributed by atoms with van der Waals surface area (Å²) in [5.74, 6) is 1.87. The molecule has 15 heavy (non-hydrogen) atoms. The van der Waals surface area contributed by atoms with Crippen molar-refractivity contribution in [2.24, 2.45) is 22.7 Å². The lowest BCUT2D eigenvalue weighted by molar-refractivity contribution is 0.106. The lowest BCUT2D eigenvalue weighted by Crippen LogP contribution is -2.39. The Hall–Kier alpha value is -0.260. The Bertz CT molecular complexity index is 334. The predicted molar refractivity (Wildman–Crippen MR) is 64.7 cm³/mol. The summed E-state index contributed by atoms with van der Waals surface area (Å²) in [5, 5.41) is 0. The Morgan fingerprint density at radius 1 is 1.13 bits per heavy atom. The van der Waals surface area contributed by atoms with Gasteiger partial charge in [-0.1, -0.05) is 38.8 Å². The molecule has 0 radical (unpaired) electrons. The Morgan fingerprint density at radius 3 is 2.60 bits per heavy atom. The van der Waals surface area contributed by atoms with Gasteiger partial charge in [-0.2, -0.15) is 0 Å². The van der Waals surface area contributed by atoms with Crippen molar-refractivity contribution in [3.05, 3.63) is 11.1 Å². The second kappa shape index (κ2) is 2.70. The fourth-order valence-electron chi connectivity index (χ4n) is 4.71. The minimum atomic E-state index is 0.552. The van der Waals surface area contributed by atoms with Gasteiger partial charge in [0.2, 0.25) is 0 Å². The Labute approximate surface area is 94.1 Å². The summed E-state index contributed by atoms with van der Waals surface area (Å²) in [6.45, 7) is 10.1. The van der Waals surface area contributed by atoms with Crippen LogP contribution >= 0.6 is 0 Å². The molecule has 3 aliphatic rings. The molecule has 0 aromatic rings. The van der Waals surface area contributed by atoms with E-state index in [4.69, 9.17) is 0 Å². The van der Waals surface area contributed by atoms with Crippen molar-refractivity contribution >= 4 is 0 Å². The molecule has 0 aromatic heterocycles. The highest BCUT2D eigenvalue weighted by atomic mass is 14.6. The first-order valence-corrected chi connectivity index (χ1v) is 6.69. The fourth-order valence-corrected chi connectivity index (χ4v) is 4.71. The summed E-state index contributed by atoms with van der Waals surface area (Å²) in [4.78, 5) is 0. The molecule has 0 aromatic carbocycles. The highest BCUT2D eigenvalue weighted by Gasteiger charge is 2.57. The molecule has 3 unspecified atom stereocenters. The molecular weight excluding hydrogens is 180 g/mol. The standard InChI is InChI=1S/C15H24/c1-10-5-6-13-12(10)9-11-7-8-15(13,4)14(11,2)3/h10-11H,5-9H2,1-4H3. The summed E-state index contributed by atoms with van der Waals surface area (Å²) < 4.78 is 0. The zero-order chi connectivity index (χ0) is 10.8. The zero-order valence-electron chi connectivity index (χ0n) is 10.7. The molecule has 0 spiro atoms. The first-order chi connectivity index (χ1) is 6.97. The SMILES string of the molecule is CC1CCC2=C1CC1CCC2(C)C1(C)C. The summed E-state index contributed by atoms with van der Waals surface area (Å²) in [7, 11) is 0. The number of hydrogen-bond donors (Lipinski definition) is 0. The lowest BCUT2D eigenvalue weighted by atomic mass is 9.57. The second-order valence-electron chi connectivity index (χ2n) is 6.94. The molecule has 1 fully saturated rings. The van der Waals surface area contributed by atoms with Gasteiger partial charge in [0, 0.05) is 0 Å². The van der Waals surface area contributed by atoms with Crippen LogP contribution in [0.1, 0.15) is 59.8 Å². The minimum Gasteiger partial charge on any atom is -0.0673 e. The van der Waals surface area contributed by atoms with Crippen LogP contribution in [0, 0.1) is 22.7 Å². The third-order valence-corrected chi connectivity index (χ3v) is 6.38. The van der Waals surface area contributed by atoms with Crippen molar-refractivity contribution in [1.29, 1.82) is 0 Å². The topological polar surface area (TPSA) is 0 Å². The average molecular weight is 204 g/mol. The van der Waals surface area contributed by atoms with Crippen LogP contribution in [0.5, 0.6) is 0 Å². The van der Waals surface area contributed by atoms with Crippen LogP contribution in [-0.2, 0) is 0 Å². The van der Waals surface area contributed by atoms with Crippen LogP contribution in [0.2, 0.25) is 0 Å². The van der Waals surface area contributed by atoms with E-state index in [0.717, 1.165) is 11.8 Å². The van der Waals surface area contributed by atoms with E-state index in [0.29, 0.717) is 10.8 Å². The third kappa shape index (κ3) is 0.990. The van der Waals surface area contributed by atoms with Gasteiger partial charge in [-0.3, -0.25) is 0 Å². The maximum absolute atomic E-state index is 2.56. The maximum Gasteiger partial charge on any atom is -0.00596 e. The minimum absolute atomic E-state index is 0.552. The van der Waals surface area contributed by atoms with Crippen molar-refractivity contribution in [1.82, 2.24) is 0 Å². The van der Waals surface area contributed by atoms with Crippen molar-refractivity contribution in [2.45, 2.75) is 59.8 Å². The van der Waals surface area contributed by atoms with Crippen LogP contribution in [0.15, 0.2) is 11.1 Å². The molecule has 1 saturated carbocycles. The van der Waals surface area contributed by atoms with Gasteiger partial charge >= 0.3 is 0 Å². The average Bonchev–Trinajstić information content (AvgIpc) is 2.55. The van der Waals surface area contributed by atoms with Crippen LogP contribution < -0.4 is 0 Å². The predicted octanol–water partition coefficient (Wildman–Crippen LogP) is 4.56. The smallest absolute Gasteiger partial charge is 0.00596 e. The van der Waals surface area contributed by atoms with E-state index in [2.05, 4.69) is 27.7 Å². The van der Waals surface area contributed by atoms with E-state index in [1.807, 2.05) is 11.1 Å². The summed E-state index contributed by atoms with van der Waals surface area (Å²) >= 11 is 0. The Kier molecular flexibility index (Phi) is 1.79. The molecule has 3 rings (SSSR count). The van der Waals surface area contributed by atoms with E-state index >= 15 is 0 Å². The number of fused-ring (bicyclic) bond motifs is 3. The molecule has 0 saturated heterocycles. The van der Waals surface area contributed by atoms with Crippen molar-refractivity contribution in [2.75, 3.05) is 0 Å². The van der Waals surface area contributed by atoms with Gasteiger partial charge in [0.05, 0.1) is 0 Å². The first-order valence-electron chi connectivity index (χ1n) is 6.69. The number of allylic oxidation sites excluding steroid dienone is 2. The van der Waals surface area contributed by atoms with E-state index in [-0.39, 0.29) is 0 Å². The van der Waals surface area contributed by atoms with Gasteiger partial charge in [0.1, 0.15) is 0 Å². The molecule has 3 aliphatic carbocycles. The fraction of sp³-hybridized carbons (Fsp3) is 0.867. The van der Waals surface area contributed by atoms with Crippen molar-refractivity contribution in [3.8, 4) is 0 Å². The molecular formula is C15H24. The molecule has 84 valence electrons. The summed E-state index contributed by atoms with van der Waals surface area (Å²) in [6.07, 6.45) is 7.20. The van der Waals surface area contributed by atoms with E-state index in [1.165, 1.54) is 32.1 Å². The largest absolute Gasteiger partial charge is 0.0673 e. The van der Waals surface area contributed by atoms with Gasteiger partial charge in [0.25, 0.3) is 0 Å². The van der Waals surface area contributed by atoms with Crippen LogP contribution in [0.25, 0.3) is 0 Å². The van der Waals surface area contributed by atoms with E-state index in [9.17, 15) is 0 Å². The second-order valence-corrected chi connectivity index (χ2v) is 6.94. The zero-order valence-corrected chi connectivity index (χ0v) is 10.7. The van der Waals surface area contributed by atoms with Crippen molar-refractivity contribution < 1.29 is 0 Å². The normalized spacial score (nSPS) is 47.2. The van der Waals surface area contributed by atoms with Gasteiger partial charge in [-0.15, -0.1) is 0 Å². The Morgan fingerprint density at radius 2 is 1.87 bits per heavy atom. The van der Waals surface area contributed by atoms with Crippen LogP contribution in [-0.4, -0.2) is 0 Å². The molecule has 0 heterocycles. The monoisotopic (exact) mass is 204 g/mol.